The fraction of sp³-hybridized carbons (Fsp3) is 0.372. The number of methoxy groups -OCH3 is 2. The second-order valence-corrected chi connectivity index (χ2v) is 13.4. The summed E-state index contributed by atoms with van der Waals surface area (Å²) in [4.78, 5) is 74.1. The zero-order chi connectivity index (χ0) is 42.5. The molecule has 4 aromatic rings. The van der Waals surface area contributed by atoms with Crippen LogP contribution in [-0.4, -0.2) is 90.8 Å². The van der Waals surface area contributed by atoms with Gasteiger partial charge in [0.25, 0.3) is 0 Å². The van der Waals surface area contributed by atoms with Gasteiger partial charge < -0.3 is 42.6 Å². The molecule has 16 heteroatoms. The fourth-order valence-corrected chi connectivity index (χ4v) is 6.70. The summed E-state index contributed by atoms with van der Waals surface area (Å²) < 4.78 is 52.3. The average molecular weight is 815 g/mol. The number of benzene rings is 3. The SMILES string of the molecule is COC(=O)C[C@H]1O[C@@H](OC(=O)[C@@H](Oc2nc(C)cc(COCc3ccccc3)n2)C(OC)(c2ccccc2)c2ccccc2)[C@H](OC(C)=O)[C@@H](OC(C)=O)[C@@H]1OC(C)=O. The van der Waals surface area contributed by atoms with E-state index >= 15 is 4.79 Å². The maximum Gasteiger partial charge on any atom is 0.353 e. The zero-order valence-electron chi connectivity index (χ0n) is 33.4. The summed E-state index contributed by atoms with van der Waals surface area (Å²) in [5.41, 5.74) is 0.992. The summed E-state index contributed by atoms with van der Waals surface area (Å²) in [6.07, 6.45) is -10.6. The first-order chi connectivity index (χ1) is 28.3. The van der Waals surface area contributed by atoms with Crippen molar-refractivity contribution in [2.24, 2.45) is 0 Å². The average Bonchev–Trinajstić information content (AvgIpc) is 3.21. The van der Waals surface area contributed by atoms with Gasteiger partial charge in [0.2, 0.25) is 18.5 Å². The van der Waals surface area contributed by atoms with Gasteiger partial charge in [0.15, 0.2) is 17.8 Å². The second-order valence-electron chi connectivity index (χ2n) is 13.4. The highest BCUT2D eigenvalue weighted by Crippen LogP contribution is 2.40. The van der Waals surface area contributed by atoms with Gasteiger partial charge in [-0.15, -0.1) is 0 Å². The number of aromatic nitrogens is 2. The molecule has 312 valence electrons. The van der Waals surface area contributed by atoms with E-state index in [4.69, 9.17) is 42.6 Å². The highest BCUT2D eigenvalue weighted by Gasteiger charge is 2.56. The van der Waals surface area contributed by atoms with E-state index in [1.807, 2.05) is 30.3 Å². The maximum atomic E-state index is 15.1. The molecule has 16 nitrogen and oxygen atoms in total. The van der Waals surface area contributed by atoms with Crippen LogP contribution in [0.4, 0.5) is 0 Å². The number of carbonyl (C=O) groups excluding carboxylic acids is 5. The third-order valence-corrected chi connectivity index (χ3v) is 9.11. The molecule has 1 aliphatic rings. The van der Waals surface area contributed by atoms with Crippen LogP contribution in [0.5, 0.6) is 6.01 Å². The molecule has 59 heavy (non-hydrogen) atoms. The molecular weight excluding hydrogens is 768 g/mol. The minimum Gasteiger partial charge on any atom is -0.469 e. The Labute approximate surface area is 341 Å². The summed E-state index contributed by atoms with van der Waals surface area (Å²) in [7, 11) is 2.51. The standard InChI is InChI=1S/C43H46N2O14/c1-26-22-33(25-53-24-30-16-10-7-11-17-30)45-42(44-26)58-39(43(52-6,31-18-12-8-13-19-31)32-20-14-9-15-21-32)40(50)59-41-38(56-29(4)48)37(55-28(3)47)36(54-27(2)46)34(57-41)23-35(49)51-5/h7-22,34,36-39,41H,23-25H2,1-6H3/t34-,36-,37+,38-,39-,41+/m1/s1. The summed E-state index contributed by atoms with van der Waals surface area (Å²) >= 11 is 0. The van der Waals surface area contributed by atoms with E-state index in [2.05, 4.69) is 9.97 Å². The Morgan fingerprint density at radius 1 is 0.695 bits per heavy atom. The molecule has 5 rings (SSSR count). The molecule has 0 radical (unpaired) electrons. The quantitative estimate of drug-likeness (QED) is 0.107. The molecule has 1 aliphatic heterocycles. The van der Waals surface area contributed by atoms with E-state index in [0.717, 1.165) is 33.4 Å². The number of hydrogen-bond acceptors (Lipinski definition) is 16. The lowest BCUT2D eigenvalue weighted by Gasteiger charge is -2.44. The number of carbonyl (C=O) groups is 5. The monoisotopic (exact) mass is 814 g/mol. The molecule has 1 aromatic heterocycles. The molecule has 0 N–H and O–H groups in total. The number of nitrogens with zero attached hydrogens (tertiary/aromatic N) is 2. The Kier molecular flexibility index (Phi) is 15.2. The number of hydrogen-bond donors (Lipinski definition) is 0. The van der Waals surface area contributed by atoms with Gasteiger partial charge in [-0.1, -0.05) is 91.0 Å². The van der Waals surface area contributed by atoms with Gasteiger partial charge in [-0.05, 0) is 29.7 Å². The van der Waals surface area contributed by atoms with Crippen LogP contribution < -0.4 is 4.74 Å². The van der Waals surface area contributed by atoms with E-state index in [1.54, 1.807) is 73.7 Å². The summed E-state index contributed by atoms with van der Waals surface area (Å²) in [5.74, 6) is -4.57. The van der Waals surface area contributed by atoms with Gasteiger partial charge in [0.1, 0.15) is 6.10 Å². The number of ether oxygens (including phenoxy) is 9. The van der Waals surface area contributed by atoms with Crippen LogP contribution in [0.15, 0.2) is 97.1 Å². The normalized spacial score (nSPS) is 19.4. The van der Waals surface area contributed by atoms with Crippen molar-refractivity contribution in [2.45, 2.75) is 89.7 Å². The van der Waals surface area contributed by atoms with E-state index in [1.165, 1.54) is 7.11 Å². The first kappa shape index (κ1) is 43.9. The highest BCUT2D eigenvalue weighted by molar-refractivity contribution is 5.79. The molecule has 0 unspecified atom stereocenters. The second kappa shape index (κ2) is 20.5. The minimum absolute atomic E-state index is 0.0686. The molecule has 0 spiro atoms. The minimum atomic E-state index is -1.90. The topological polar surface area (TPSA) is 194 Å². The summed E-state index contributed by atoms with van der Waals surface area (Å²) in [5, 5.41) is 0. The van der Waals surface area contributed by atoms with Gasteiger partial charge in [-0.3, -0.25) is 19.2 Å². The van der Waals surface area contributed by atoms with Crippen molar-refractivity contribution >= 4 is 29.8 Å². The van der Waals surface area contributed by atoms with Crippen LogP contribution in [0.2, 0.25) is 0 Å². The fourth-order valence-electron chi connectivity index (χ4n) is 6.70. The maximum absolute atomic E-state index is 15.1. The van der Waals surface area contributed by atoms with Crippen molar-refractivity contribution in [3.63, 3.8) is 0 Å². The predicted octanol–water partition coefficient (Wildman–Crippen LogP) is 4.47. The lowest BCUT2D eigenvalue weighted by molar-refractivity contribution is -0.299. The Hall–Kier alpha value is -6.23. The Morgan fingerprint density at radius 3 is 1.78 bits per heavy atom. The van der Waals surface area contributed by atoms with Crippen molar-refractivity contribution in [1.82, 2.24) is 9.97 Å². The van der Waals surface area contributed by atoms with Crippen LogP contribution in [0, 0.1) is 6.92 Å². The number of aryl methyl sites for hydroxylation is 1. The molecule has 0 amide bonds. The molecule has 6 atom stereocenters. The van der Waals surface area contributed by atoms with Gasteiger partial charge in [-0.2, -0.15) is 4.98 Å². The Morgan fingerprint density at radius 2 is 1.24 bits per heavy atom. The third kappa shape index (κ3) is 11.2. The zero-order valence-corrected chi connectivity index (χ0v) is 33.4. The number of rotatable bonds is 17. The van der Waals surface area contributed by atoms with Crippen molar-refractivity contribution in [3.05, 3.63) is 125 Å². The number of esters is 5. The van der Waals surface area contributed by atoms with E-state index in [9.17, 15) is 19.2 Å². The Bertz CT molecular complexity index is 2010. The first-order valence-electron chi connectivity index (χ1n) is 18.6. The highest BCUT2D eigenvalue weighted by atomic mass is 16.7. The van der Waals surface area contributed by atoms with E-state index < -0.39 is 78.7 Å². The van der Waals surface area contributed by atoms with Crippen molar-refractivity contribution in [2.75, 3.05) is 14.2 Å². The van der Waals surface area contributed by atoms with E-state index in [-0.39, 0.29) is 12.6 Å². The van der Waals surface area contributed by atoms with Crippen molar-refractivity contribution in [1.29, 1.82) is 0 Å². The summed E-state index contributed by atoms with van der Waals surface area (Å²) in [6, 6.07) is 28.5. The van der Waals surface area contributed by atoms with Gasteiger partial charge in [0, 0.05) is 33.6 Å². The van der Waals surface area contributed by atoms with Gasteiger partial charge in [-0.25, -0.2) is 9.78 Å². The first-order valence-corrected chi connectivity index (χ1v) is 18.6. The smallest absolute Gasteiger partial charge is 0.353 e. The molecule has 1 fully saturated rings. The molecule has 1 saturated heterocycles. The summed E-state index contributed by atoms with van der Waals surface area (Å²) in [6.45, 7) is 5.31. The van der Waals surface area contributed by atoms with Crippen molar-refractivity contribution < 1.29 is 66.6 Å². The molecule has 2 heterocycles. The Balaban J connectivity index is 1.61. The van der Waals surface area contributed by atoms with Gasteiger partial charge in [0.05, 0.1) is 32.4 Å². The largest absolute Gasteiger partial charge is 0.469 e. The third-order valence-electron chi connectivity index (χ3n) is 9.11. The molecule has 3 aromatic carbocycles. The van der Waals surface area contributed by atoms with E-state index in [0.29, 0.717) is 29.1 Å². The van der Waals surface area contributed by atoms with Crippen LogP contribution in [0.3, 0.4) is 0 Å². The molecule has 0 aliphatic carbocycles. The van der Waals surface area contributed by atoms with Crippen molar-refractivity contribution in [3.8, 4) is 6.01 Å². The van der Waals surface area contributed by atoms with Gasteiger partial charge >= 0.3 is 35.9 Å². The van der Waals surface area contributed by atoms with Crippen LogP contribution in [-0.2, 0) is 80.7 Å². The molecule has 0 bridgehead atoms. The van der Waals surface area contributed by atoms with Crippen LogP contribution in [0.25, 0.3) is 0 Å². The lowest BCUT2D eigenvalue weighted by Crippen LogP contribution is -2.63. The van der Waals surface area contributed by atoms with Crippen LogP contribution >= 0.6 is 0 Å². The van der Waals surface area contributed by atoms with Crippen LogP contribution in [0.1, 0.15) is 55.3 Å². The molecule has 0 saturated carbocycles. The lowest BCUT2D eigenvalue weighted by atomic mass is 9.81. The predicted molar refractivity (Wildman–Crippen MR) is 205 cm³/mol. The molecular formula is C43H46N2O14.